The Morgan fingerprint density at radius 3 is 2.56 bits per heavy atom. The second kappa shape index (κ2) is 10.2. The summed E-state index contributed by atoms with van der Waals surface area (Å²) in [6, 6.07) is 6.69. The van der Waals surface area contributed by atoms with Crippen molar-refractivity contribution >= 4 is 44.1 Å². The Balaban J connectivity index is 1.46. The van der Waals surface area contributed by atoms with E-state index in [1.165, 1.54) is 0 Å². The van der Waals surface area contributed by atoms with Crippen LogP contribution in [0.1, 0.15) is 43.3 Å². The van der Waals surface area contributed by atoms with Crippen molar-refractivity contribution in [2.45, 2.75) is 56.8 Å². The lowest BCUT2D eigenvalue weighted by Gasteiger charge is -2.25. The number of alkyl halides is 1. The predicted octanol–water partition coefficient (Wildman–Crippen LogP) is 4.59. The molecule has 4 aromatic rings. The largest absolute Gasteiger partial charge is 0.358 e. The third kappa shape index (κ3) is 5.31. The van der Waals surface area contributed by atoms with Crippen LogP contribution in [0.2, 0.25) is 0 Å². The topological polar surface area (TPSA) is 133 Å². The fourth-order valence-electron chi connectivity index (χ4n) is 5.37. The normalized spacial score (nSPS) is 20.8. The number of hydrogen-bond donors (Lipinski definition) is 2. The minimum absolute atomic E-state index is 0.0839. The molecule has 1 amide bonds. The van der Waals surface area contributed by atoms with Crippen molar-refractivity contribution in [1.29, 1.82) is 0 Å². The maximum absolute atomic E-state index is 13.6. The summed E-state index contributed by atoms with van der Waals surface area (Å²) in [6.07, 6.45) is 4.52. The fraction of sp³-hybridized carbons (Fsp3) is 0.429. The minimum Gasteiger partial charge on any atom is -0.358 e. The molecule has 1 unspecified atom stereocenters. The van der Waals surface area contributed by atoms with Gasteiger partial charge in [-0.2, -0.15) is 5.10 Å². The monoisotopic (exact) mass is 581 g/mol. The number of imidazole rings is 1. The predicted molar refractivity (Wildman–Crippen MR) is 153 cm³/mol. The number of rotatable bonds is 7. The molecular weight excluding hydrogens is 549 g/mol. The van der Waals surface area contributed by atoms with Gasteiger partial charge in [0.25, 0.3) is 0 Å². The number of halogens is 1. The summed E-state index contributed by atoms with van der Waals surface area (Å²) < 4.78 is 49.1. The van der Waals surface area contributed by atoms with Gasteiger partial charge in [0.05, 0.1) is 27.9 Å². The van der Waals surface area contributed by atoms with Gasteiger partial charge in [0.2, 0.25) is 5.91 Å². The average molecular weight is 582 g/mol. The second-order valence-corrected chi connectivity index (χ2v) is 12.9. The molecule has 13 heteroatoms. The number of aryl methyl sites for hydroxylation is 3. The number of amides is 1. The Bertz CT molecular complexity index is 1780. The van der Waals surface area contributed by atoms with Gasteiger partial charge in [-0.1, -0.05) is 6.07 Å². The highest BCUT2D eigenvalue weighted by molar-refractivity contribution is 7.90. The zero-order valence-corrected chi connectivity index (χ0v) is 24.1. The minimum atomic E-state index is -3.67. The van der Waals surface area contributed by atoms with Crippen LogP contribution >= 0.6 is 0 Å². The highest BCUT2D eigenvalue weighted by Crippen LogP contribution is 2.38. The summed E-state index contributed by atoms with van der Waals surface area (Å²) in [6.45, 7) is 4.38. The maximum Gasteiger partial charge on any atom is 0.231 e. The Hall–Kier alpha value is -3.84. The van der Waals surface area contributed by atoms with E-state index in [9.17, 15) is 17.6 Å². The van der Waals surface area contributed by atoms with Crippen LogP contribution in [0.5, 0.6) is 0 Å². The zero-order valence-electron chi connectivity index (χ0n) is 23.3. The number of pyridine rings is 1. The second-order valence-electron chi connectivity index (χ2n) is 10.9. The Morgan fingerprint density at radius 2 is 1.93 bits per heavy atom. The lowest BCUT2D eigenvalue weighted by Crippen LogP contribution is -2.20. The van der Waals surface area contributed by atoms with Crippen LogP contribution in [-0.4, -0.2) is 57.7 Å². The molecule has 4 heterocycles. The van der Waals surface area contributed by atoms with E-state index in [4.69, 9.17) is 9.72 Å². The maximum atomic E-state index is 13.6. The Kier molecular flexibility index (Phi) is 6.81. The zero-order chi connectivity index (χ0) is 29.1. The molecule has 1 aliphatic carbocycles. The van der Waals surface area contributed by atoms with E-state index < -0.39 is 27.8 Å². The van der Waals surface area contributed by atoms with E-state index in [-0.39, 0.29) is 23.4 Å². The molecule has 2 aliphatic rings. The first-order valence-corrected chi connectivity index (χ1v) is 15.5. The molecule has 0 radical (unpaired) electrons. The van der Waals surface area contributed by atoms with Gasteiger partial charge < -0.3 is 15.4 Å². The number of aromatic nitrogens is 5. The van der Waals surface area contributed by atoms with Gasteiger partial charge in [0.15, 0.2) is 15.5 Å². The van der Waals surface area contributed by atoms with E-state index in [1.807, 2.05) is 37.7 Å². The van der Waals surface area contributed by atoms with Crippen LogP contribution in [0.3, 0.4) is 0 Å². The number of carbonyl (C=O) groups is 1. The Morgan fingerprint density at radius 1 is 1.15 bits per heavy atom. The highest BCUT2D eigenvalue weighted by Gasteiger charge is 2.44. The molecule has 1 aromatic carbocycles. The molecule has 11 nitrogen and oxygen atoms in total. The smallest absolute Gasteiger partial charge is 0.231 e. The standard InChI is InChI=1S/C28H32FN7O4S/c1-15-14-35(3)34-25(15)17-8-9-20(22(11-17)41(4,38)39)31-21-13-23(33-28(37)18-12-19(18)29)32-27-26(21)30-16(2)36(27)24-7-5-6-10-40-24/h8-9,11,13-14,18-19,24H,5-7,10,12H2,1-4H3,(H2,31,32,33,37)/t18-,19+,24?/m0/s1. The van der Waals surface area contributed by atoms with Crippen LogP contribution in [0.25, 0.3) is 22.4 Å². The third-order valence-corrected chi connectivity index (χ3v) is 8.64. The molecular formula is C28H32FN7O4S. The van der Waals surface area contributed by atoms with Crippen molar-refractivity contribution in [3.63, 3.8) is 0 Å². The van der Waals surface area contributed by atoms with Crippen molar-refractivity contribution in [3.8, 4) is 11.3 Å². The number of benzene rings is 1. The lowest BCUT2D eigenvalue weighted by atomic mass is 10.1. The molecule has 0 bridgehead atoms. The number of nitrogens with zero attached hydrogens (tertiary/aromatic N) is 5. The van der Waals surface area contributed by atoms with Crippen LogP contribution < -0.4 is 10.6 Å². The third-order valence-electron chi connectivity index (χ3n) is 7.50. The number of hydrogen-bond acceptors (Lipinski definition) is 8. The summed E-state index contributed by atoms with van der Waals surface area (Å²) in [5, 5.41) is 10.5. The molecule has 6 rings (SSSR count). The molecule has 1 aliphatic heterocycles. The van der Waals surface area contributed by atoms with Crippen LogP contribution in [0.4, 0.5) is 21.6 Å². The molecule has 2 fully saturated rings. The van der Waals surface area contributed by atoms with E-state index in [2.05, 4.69) is 20.7 Å². The van der Waals surface area contributed by atoms with Crippen LogP contribution in [-0.2, 0) is 26.4 Å². The molecule has 2 N–H and O–H groups in total. The first kappa shape index (κ1) is 27.3. The number of fused-ring (bicyclic) bond motifs is 1. The molecule has 1 saturated carbocycles. The van der Waals surface area contributed by atoms with Crippen molar-refractivity contribution < 1.29 is 22.3 Å². The lowest BCUT2D eigenvalue weighted by molar-refractivity contribution is -0.117. The van der Waals surface area contributed by atoms with E-state index in [1.54, 1.807) is 22.9 Å². The summed E-state index contributed by atoms with van der Waals surface area (Å²) in [4.78, 5) is 22.1. The molecule has 0 spiro atoms. The first-order valence-electron chi connectivity index (χ1n) is 13.6. The van der Waals surface area contributed by atoms with Gasteiger partial charge in [0.1, 0.15) is 29.6 Å². The summed E-state index contributed by atoms with van der Waals surface area (Å²) in [7, 11) is -1.86. The van der Waals surface area contributed by atoms with Gasteiger partial charge in [-0.25, -0.2) is 22.8 Å². The summed E-state index contributed by atoms with van der Waals surface area (Å²) in [5.41, 5.74) is 4.03. The van der Waals surface area contributed by atoms with Gasteiger partial charge in [-0.3, -0.25) is 14.0 Å². The summed E-state index contributed by atoms with van der Waals surface area (Å²) in [5.74, 6) is -0.264. The molecule has 3 atom stereocenters. The number of ether oxygens (including phenoxy) is 1. The van der Waals surface area contributed by atoms with E-state index in [0.717, 1.165) is 31.1 Å². The van der Waals surface area contributed by atoms with E-state index >= 15 is 0 Å². The van der Waals surface area contributed by atoms with Gasteiger partial charge >= 0.3 is 0 Å². The quantitative estimate of drug-likeness (QED) is 0.324. The van der Waals surface area contributed by atoms with Gasteiger partial charge in [0, 0.05) is 37.7 Å². The molecule has 216 valence electrons. The average Bonchev–Trinajstić information content (AvgIpc) is 3.42. The van der Waals surface area contributed by atoms with Crippen molar-refractivity contribution in [3.05, 3.63) is 41.9 Å². The number of nitrogens with one attached hydrogen (secondary N) is 2. The highest BCUT2D eigenvalue weighted by atomic mass is 32.2. The Labute approximate surface area is 237 Å². The molecule has 41 heavy (non-hydrogen) atoms. The first-order chi connectivity index (χ1) is 19.5. The molecule has 3 aromatic heterocycles. The summed E-state index contributed by atoms with van der Waals surface area (Å²) >= 11 is 0. The number of anilines is 3. The van der Waals surface area contributed by atoms with Crippen LogP contribution in [0, 0.1) is 19.8 Å². The van der Waals surface area contributed by atoms with Crippen molar-refractivity contribution in [2.24, 2.45) is 13.0 Å². The van der Waals surface area contributed by atoms with Gasteiger partial charge in [-0.15, -0.1) is 0 Å². The fourth-order valence-corrected chi connectivity index (χ4v) is 6.23. The van der Waals surface area contributed by atoms with Gasteiger partial charge in [-0.05, 0) is 57.2 Å². The van der Waals surface area contributed by atoms with Crippen molar-refractivity contribution in [2.75, 3.05) is 23.5 Å². The van der Waals surface area contributed by atoms with Crippen molar-refractivity contribution in [1.82, 2.24) is 24.3 Å². The number of carbonyl (C=O) groups excluding carboxylic acids is 1. The number of sulfone groups is 1. The van der Waals surface area contributed by atoms with Crippen LogP contribution in [0.15, 0.2) is 35.4 Å². The van der Waals surface area contributed by atoms with E-state index in [0.29, 0.717) is 46.2 Å². The molecule has 1 saturated heterocycles. The SMILES string of the molecule is Cc1cn(C)nc1-c1ccc(Nc2cc(NC(=O)[C@H]3C[C@H]3F)nc3c2nc(C)n3C2CCCCO2)c(S(C)(=O)=O)c1.